The number of carbonyl (C=O) groups is 3. The van der Waals surface area contributed by atoms with Crippen LogP contribution in [0.4, 0.5) is 13.2 Å². The first-order valence-corrected chi connectivity index (χ1v) is 9.44. The number of alkyl halides is 3. The second kappa shape index (κ2) is 8.50. The molecule has 2 aliphatic rings. The Morgan fingerprint density at radius 1 is 1.24 bits per heavy atom. The molecule has 0 spiro atoms. The Kier molecular flexibility index (Phi) is 6.23. The van der Waals surface area contributed by atoms with Crippen LogP contribution in [0.3, 0.4) is 0 Å². The molecular formula is C19H23F3N4O3. The van der Waals surface area contributed by atoms with Crippen molar-refractivity contribution >= 4 is 17.7 Å². The van der Waals surface area contributed by atoms with Crippen molar-refractivity contribution in [3.05, 3.63) is 34.9 Å². The largest absolute Gasteiger partial charge is 0.401 e. The zero-order chi connectivity index (χ0) is 21.2. The van der Waals surface area contributed by atoms with Crippen LogP contribution in [0.1, 0.15) is 40.7 Å². The molecular weight excluding hydrogens is 389 g/mol. The quantitative estimate of drug-likeness (QED) is 0.656. The van der Waals surface area contributed by atoms with Gasteiger partial charge in [-0.2, -0.15) is 13.2 Å². The van der Waals surface area contributed by atoms with Crippen LogP contribution in [0.25, 0.3) is 0 Å². The molecule has 7 nitrogen and oxygen atoms in total. The third kappa shape index (κ3) is 4.94. The fourth-order valence-corrected chi connectivity index (χ4v) is 3.85. The Bertz CT molecular complexity index is 812. The lowest BCUT2D eigenvalue weighted by molar-refractivity contribution is -0.147. The predicted octanol–water partition coefficient (Wildman–Crippen LogP) is 1.16. The van der Waals surface area contributed by atoms with Gasteiger partial charge in [0.05, 0.1) is 6.54 Å². The number of hydrogen-bond donors (Lipinski definition) is 2. The average molecular weight is 412 g/mol. The molecule has 1 fully saturated rings. The van der Waals surface area contributed by atoms with Gasteiger partial charge < -0.3 is 10.6 Å². The van der Waals surface area contributed by atoms with Gasteiger partial charge in [0, 0.05) is 31.6 Å². The van der Waals surface area contributed by atoms with Crippen molar-refractivity contribution in [1.29, 1.82) is 0 Å². The van der Waals surface area contributed by atoms with Gasteiger partial charge in [-0.25, -0.2) is 0 Å². The van der Waals surface area contributed by atoms with E-state index < -0.39 is 30.6 Å². The van der Waals surface area contributed by atoms with E-state index in [-0.39, 0.29) is 44.9 Å². The standard InChI is InChI=1S/C19H23F3N4O3/c20-19(21,22)11-25(8-2-7-23)9-12-3-1-4-13-10-26(18(29)16(12)13)14-5-6-15(27)24-17(14)28/h1,3-4,14H,2,5-11,23H2,(H,24,27,28). The Labute approximate surface area is 166 Å². The third-order valence-corrected chi connectivity index (χ3v) is 5.11. The number of nitrogens with one attached hydrogen (secondary N) is 1. The number of nitrogens with two attached hydrogens (primary N) is 1. The number of hydrogen-bond acceptors (Lipinski definition) is 5. The van der Waals surface area contributed by atoms with Crippen LogP contribution in [0, 0.1) is 0 Å². The SMILES string of the molecule is NCCCN(Cc1cccc2c1C(=O)N(C1CCC(=O)NC1=O)C2)CC(F)(F)F. The number of halogens is 3. The Hall–Kier alpha value is -2.46. The molecule has 1 aromatic carbocycles. The summed E-state index contributed by atoms with van der Waals surface area (Å²) in [5.41, 5.74) is 6.94. The van der Waals surface area contributed by atoms with Crippen LogP contribution in [0.15, 0.2) is 18.2 Å². The highest BCUT2D eigenvalue weighted by Gasteiger charge is 2.40. The number of benzene rings is 1. The lowest BCUT2D eigenvalue weighted by atomic mass is 10.0. The second-order valence-electron chi connectivity index (χ2n) is 7.32. The van der Waals surface area contributed by atoms with E-state index in [0.717, 1.165) is 0 Å². The number of rotatable bonds is 7. The molecule has 1 atom stereocenters. The van der Waals surface area contributed by atoms with E-state index in [4.69, 9.17) is 5.73 Å². The summed E-state index contributed by atoms with van der Waals surface area (Å²) in [6.45, 7) is -0.524. The van der Waals surface area contributed by atoms with Gasteiger partial charge in [-0.1, -0.05) is 18.2 Å². The Morgan fingerprint density at radius 2 is 2.00 bits per heavy atom. The molecule has 3 amide bonds. The topological polar surface area (TPSA) is 95.7 Å². The van der Waals surface area contributed by atoms with E-state index in [0.29, 0.717) is 23.1 Å². The summed E-state index contributed by atoms with van der Waals surface area (Å²) in [5.74, 6) is -1.29. The minimum Gasteiger partial charge on any atom is -0.330 e. The molecule has 0 saturated carbocycles. The molecule has 3 N–H and O–H groups in total. The molecule has 10 heteroatoms. The lowest BCUT2D eigenvalue weighted by Crippen LogP contribution is -2.52. The number of nitrogens with zero attached hydrogens (tertiary/aromatic N) is 2. The van der Waals surface area contributed by atoms with E-state index in [9.17, 15) is 27.6 Å². The highest BCUT2D eigenvalue weighted by atomic mass is 19.4. The van der Waals surface area contributed by atoms with Crippen LogP contribution >= 0.6 is 0 Å². The maximum absolute atomic E-state index is 13.0. The third-order valence-electron chi connectivity index (χ3n) is 5.11. The van der Waals surface area contributed by atoms with E-state index in [1.54, 1.807) is 18.2 Å². The van der Waals surface area contributed by atoms with E-state index in [1.807, 2.05) is 0 Å². The first-order chi connectivity index (χ1) is 13.7. The van der Waals surface area contributed by atoms with Crippen LogP contribution < -0.4 is 11.1 Å². The van der Waals surface area contributed by atoms with Crippen molar-refractivity contribution in [3.8, 4) is 0 Å². The van der Waals surface area contributed by atoms with Crippen LogP contribution in [0.5, 0.6) is 0 Å². The molecule has 3 rings (SSSR count). The fraction of sp³-hybridized carbons (Fsp3) is 0.526. The van der Waals surface area contributed by atoms with Gasteiger partial charge in [0.2, 0.25) is 11.8 Å². The molecule has 0 aliphatic carbocycles. The van der Waals surface area contributed by atoms with Gasteiger partial charge in [0.1, 0.15) is 6.04 Å². The summed E-state index contributed by atoms with van der Waals surface area (Å²) in [4.78, 5) is 39.2. The van der Waals surface area contributed by atoms with Crippen molar-refractivity contribution in [2.45, 2.75) is 44.6 Å². The van der Waals surface area contributed by atoms with Gasteiger partial charge in [-0.3, -0.25) is 24.6 Å². The normalized spacial score (nSPS) is 19.7. The molecule has 1 saturated heterocycles. The Balaban J connectivity index is 1.81. The molecule has 0 aromatic heterocycles. The molecule has 2 heterocycles. The maximum atomic E-state index is 13.0. The smallest absolute Gasteiger partial charge is 0.330 e. The highest BCUT2D eigenvalue weighted by molar-refractivity contribution is 6.05. The lowest BCUT2D eigenvalue weighted by Gasteiger charge is -2.29. The minimum atomic E-state index is -4.37. The van der Waals surface area contributed by atoms with Gasteiger partial charge in [0.25, 0.3) is 5.91 Å². The molecule has 1 aromatic rings. The van der Waals surface area contributed by atoms with E-state index in [1.165, 1.54) is 9.80 Å². The van der Waals surface area contributed by atoms with Crippen LogP contribution in [-0.4, -0.2) is 59.4 Å². The van der Waals surface area contributed by atoms with Gasteiger partial charge >= 0.3 is 6.18 Å². The molecule has 158 valence electrons. The summed E-state index contributed by atoms with van der Waals surface area (Å²) >= 11 is 0. The minimum absolute atomic E-state index is 0.0440. The maximum Gasteiger partial charge on any atom is 0.401 e. The summed E-state index contributed by atoms with van der Waals surface area (Å²) in [7, 11) is 0. The number of imide groups is 1. The first-order valence-electron chi connectivity index (χ1n) is 9.44. The molecule has 29 heavy (non-hydrogen) atoms. The average Bonchev–Trinajstić information content (AvgIpc) is 2.96. The van der Waals surface area contributed by atoms with Crippen molar-refractivity contribution in [1.82, 2.24) is 15.1 Å². The van der Waals surface area contributed by atoms with E-state index in [2.05, 4.69) is 5.32 Å². The van der Waals surface area contributed by atoms with Crippen LogP contribution in [-0.2, 0) is 22.7 Å². The number of piperidine rings is 1. The number of carbonyl (C=O) groups excluding carboxylic acids is 3. The van der Waals surface area contributed by atoms with Crippen molar-refractivity contribution in [2.24, 2.45) is 5.73 Å². The second-order valence-corrected chi connectivity index (χ2v) is 7.32. The molecule has 1 unspecified atom stereocenters. The Morgan fingerprint density at radius 3 is 2.66 bits per heavy atom. The zero-order valence-electron chi connectivity index (χ0n) is 15.8. The van der Waals surface area contributed by atoms with Crippen LogP contribution in [0.2, 0.25) is 0 Å². The summed E-state index contributed by atoms with van der Waals surface area (Å²) < 4.78 is 38.8. The van der Waals surface area contributed by atoms with Gasteiger partial charge in [0.15, 0.2) is 0 Å². The predicted molar refractivity (Wildman–Crippen MR) is 97.5 cm³/mol. The number of amides is 3. The molecule has 0 radical (unpaired) electrons. The van der Waals surface area contributed by atoms with Crippen molar-refractivity contribution < 1.29 is 27.6 Å². The summed E-state index contributed by atoms with van der Waals surface area (Å²) in [5, 5.41) is 2.23. The first kappa shape index (κ1) is 21.3. The van der Waals surface area contributed by atoms with E-state index >= 15 is 0 Å². The van der Waals surface area contributed by atoms with Crippen molar-refractivity contribution in [2.75, 3.05) is 19.6 Å². The van der Waals surface area contributed by atoms with Crippen molar-refractivity contribution in [3.63, 3.8) is 0 Å². The number of fused-ring (bicyclic) bond motifs is 1. The van der Waals surface area contributed by atoms with Gasteiger partial charge in [-0.15, -0.1) is 0 Å². The fourth-order valence-electron chi connectivity index (χ4n) is 3.85. The summed E-state index contributed by atoms with van der Waals surface area (Å²) in [6.07, 6.45) is -3.59. The zero-order valence-corrected chi connectivity index (χ0v) is 15.8. The molecule has 2 aliphatic heterocycles. The highest BCUT2D eigenvalue weighted by Crippen LogP contribution is 2.31. The van der Waals surface area contributed by atoms with Gasteiger partial charge in [-0.05, 0) is 30.5 Å². The monoisotopic (exact) mass is 412 g/mol. The summed E-state index contributed by atoms with van der Waals surface area (Å²) in [6, 6.07) is 4.31. The molecule has 0 bridgehead atoms.